The van der Waals surface area contributed by atoms with Crippen LogP contribution in [0.25, 0.3) is 0 Å². The summed E-state index contributed by atoms with van der Waals surface area (Å²) in [6.07, 6.45) is 0. The number of nitrogens with zero attached hydrogens (tertiary/aromatic N) is 1. The van der Waals surface area contributed by atoms with E-state index < -0.39 is 10.9 Å². The average Bonchev–Trinajstić information content (AvgIpc) is 2.40. The Morgan fingerprint density at radius 2 is 1.85 bits per heavy atom. The molecule has 2 rings (SSSR count). The maximum Gasteiger partial charge on any atom is 0.350 e. The predicted octanol–water partition coefficient (Wildman–Crippen LogP) is 3.78. The van der Waals surface area contributed by atoms with Crippen molar-refractivity contribution in [1.82, 2.24) is 0 Å². The highest BCUT2D eigenvalue weighted by molar-refractivity contribution is 6.30. The van der Waals surface area contributed by atoms with E-state index in [1.807, 2.05) is 0 Å². The molecule has 0 aromatic heterocycles. The summed E-state index contributed by atoms with van der Waals surface area (Å²) in [4.78, 5) is 22.5. The average molecular weight is 292 g/mol. The number of esters is 1. The molecule has 0 saturated carbocycles. The van der Waals surface area contributed by atoms with E-state index in [0.29, 0.717) is 10.6 Å². The molecule has 0 bridgehead atoms. The minimum atomic E-state index is -0.775. The first-order valence-electron chi connectivity index (χ1n) is 5.71. The molecule has 0 fully saturated rings. The number of hydrogen-bond acceptors (Lipinski definition) is 4. The lowest BCUT2D eigenvalue weighted by Crippen LogP contribution is -2.11. The summed E-state index contributed by atoms with van der Waals surface area (Å²) < 4.78 is 5.10. The Morgan fingerprint density at radius 3 is 2.45 bits per heavy atom. The van der Waals surface area contributed by atoms with Gasteiger partial charge in [0.25, 0.3) is 5.69 Å². The van der Waals surface area contributed by atoms with E-state index in [1.165, 1.54) is 18.2 Å². The van der Waals surface area contributed by atoms with Crippen molar-refractivity contribution in [1.29, 1.82) is 0 Å². The highest BCUT2D eigenvalue weighted by Crippen LogP contribution is 2.25. The number of halogens is 1. The van der Waals surface area contributed by atoms with Crippen molar-refractivity contribution >= 4 is 23.3 Å². The number of nitro benzene ring substituents is 1. The molecule has 0 heterocycles. The molecule has 0 atom stereocenters. The second-order valence-corrected chi connectivity index (χ2v) is 4.51. The third-order valence-electron chi connectivity index (χ3n) is 2.66. The third kappa shape index (κ3) is 2.95. The van der Waals surface area contributed by atoms with Gasteiger partial charge in [-0.1, -0.05) is 23.7 Å². The molecule has 0 N–H and O–H groups in total. The van der Waals surface area contributed by atoms with Crippen molar-refractivity contribution in [3.05, 3.63) is 68.7 Å². The molecule has 0 saturated heterocycles. The van der Waals surface area contributed by atoms with Gasteiger partial charge in [0.2, 0.25) is 0 Å². The van der Waals surface area contributed by atoms with Gasteiger partial charge in [0.1, 0.15) is 11.3 Å². The van der Waals surface area contributed by atoms with E-state index in [0.717, 1.165) is 0 Å². The SMILES string of the molecule is Cc1cccc(C(=O)Oc2ccc(Cl)cc2)c1[N+](=O)[O-]. The molecule has 6 heteroatoms. The molecule has 0 unspecified atom stereocenters. The quantitative estimate of drug-likeness (QED) is 0.373. The van der Waals surface area contributed by atoms with Gasteiger partial charge in [0.05, 0.1) is 4.92 Å². The number of carbonyl (C=O) groups excluding carboxylic acids is 1. The number of nitro groups is 1. The van der Waals surface area contributed by atoms with Gasteiger partial charge in [-0.05, 0) is 37.3 Å². The summed E-state index contributed by atoms with van der Waals surface area (Å²) in [5, 5.41) is 11.5. The van der Waals surface area contributed by atoms with Gasteiger partial charge in [-0.15, -0.1) is 0 Å². The van der Waals surface area contributed by atoms with Crippen LogP contribution in [0, 0.1) is 17.0 Å². The van der Waals surface area contributed by atoms with Crippen molar-refractivity contribution in [2.45, 2.75) is 6.92 Å². The second kappa shape index (κ2) is 5.71. The standard InChI is InChI=1S/C14H10ClNO4/c1-9-3-2-4-12(13(9)16(18)19)14(17)20-11-7-5-10(15)6-8-11/h2-8H,1H3. The van der Waals surface area contributed by atoms with E-state index >= 15 is 0 Å². The van der Waals surface area contributed by atoms with E-state index in [1.54, 1.807) is 31.2 Å². The summed E-state index contributed by atoms with van der Waals surface area (Å²) >= 11 is 5.72. The van der Waals surface area contributed by atoms with E-state index in [2.05, 4.69) is 0 Å². The van der Waals surface area contributed by atoms with Gasteiger partial charge in [-0.3, -0.25) is 10.1 Å². The van der Waals surface area contributed by atoms with Gasteiger partial charge >= 0.3 is 5.97 Å². The normalized spacial score (nSPS) is 10.1. The molecule has 0 amide bonds. The molecule has 2 aromatic rings. The smallest absolute Gasteiger partial charge is 0.350 e. The minimum absolute atomic E-state index is 0.0787. The van der Waals surface area contributed by atoms with E-state index in [9.17, 15) is 14.9 Å². The molecule has 0 radical (unpaired) electrons. The Hall–Kier alpha value is -2.40. The van der Waals surface area contributed by atoms with Gasteiger partial charge in [-0.2, -0.15) is 0 Å². The molecule has 0 aliphatic rings. The topological polar surface area (TPSA) is 69.4 Å². The fourth-order valence-electron chi connectivity index (χ4n) is 1.73. The molecule has 5 nitrogen and oxygen atoms in total. The number of rotatable bonds is 3. The Morgan fingerprint density at radius 1 is 1.20 bits per heavy atom. The van der Waals surface area contributed by atoms with E-state index in [4.69, 9.17) is 16.3 Å². The zero-order valence-corrected chi connectivity index (χ0v) is 11.3. The minimum Gasteiger partial charge on any atom is -0.423 e. The monoisotopic (exact) mass is 291 g/mol. The Kier molecular flexibility index (Phi) is 4.00. The molecule has 0 spiro atoms. The summed E-state index contributed by atoms with van der Waals surface area (Å²) in [5.74, 6) is -0.502. The fourth-order valence-corrected chi connectivity index (χ4v) is 1.86. The zero-order valence-electron chi connectivity index (χ0n) is 10.5. The Balaban J connectivity index is 2.32. The van der Waals surface area contributed by atoms with Crippen LogP contribution in [0.2, 0.25) is 5.02 Å². The lowest BCUT2D eigenvalue weighted by atomic mass is 10.1. The number of hydrogen-bond donors (Lipinski definition) is 0. The maximum absolute atomic E-state index is 12.0. The molecule has 0 aliphatic heterocycles. The van der Waals surface area contributed by atoms with Crippen molar-refractivity contribution in [3.63, 3.8) is 0 Å². The van der Waals surface area contributed by atoms with E-state index in [-0.39, 0.29) is 17.0 Å². The third-order valence-corrected chi connectivity index (χ3v) is 2.92. The number of benzene rings is 2. The van der Waals surface area contributed by atoms with Crippen LogP contribution in [0.15, 0.2) is 42.5 Å². The number of ether oxygens (including phenoxy) is 1. The van der Waals surface area contributed by atoms with Crippen LogP contribution in [0.3, 0.4) is 0 Å². The van der Waals surface area contributed by atoms with Crippen molar-refractivity contribution in [3.8, 4) is 5.75 Å². The highest BCUT2D eigenvalue weighted by atomic mass is 35.5. The van der Waals surface area contributed by atoms with Gasteiger partial charge < -0.3 is 4.74 Å². The molecule has 0 aliphatic carbocycles. The highest BCUT2D eigenvalue weighted by Gasteiger charge is 2.23. The molecule has 102 valence electrons. The summed E-state index contributed by atoms with van der Waals surface area (Å²) in [7, 11) is 0. The number of carbonyl (C=O) groups is 1. The first kappa shape index (κ1) is 14.0. The second-order valence-electron chi connectivity index (χ2n) is 4.07. The Bertz CT molecular complexity index is 667. The summed E-state index contributed by atoms with van der Waals surface area (Å²) in [5.41, 5.74) is 0.0805. The van der Waals surface area contributed by atoms with Crippen molar-refractivity contribution in [2.24, 2.45) is 0 Å². The van der Waals surface area contributed by atoms with Gasteiger partial charge in [0, 0.05) is 10.6 Å². The maximum atomic E-state index is 12.0. The predicted molar refractivity (Wildman–Crippen MR) is 74.2 cm³/mol. The van der Waals surface area contributed by atoms with Crippen LogP contribution in [-0.4, -0.2) is 10.9 Å². The lowest BCUT2D eigenvalue weighted by Gasteiger charge is -2.06. The number of aryl methyl sites for hydroxylation is 1. The van der Waals surface area contributed by atoms with Crippen molar-refractivity contribution < 1.29 is 14.5 Å². The van der Waals surface area contributed by atoms with Crippen LogP contribution in [0.4, 0.5) is 5.69 Å². The molecule has 20 heavy (non-hydrogen) atoms. The summed E-state index contributed by atoms with van der Waals surface area (Å²) in [6, 6.07) is 10.7. The number of para-hydroxylation sites is 1. The summed E-state index contributed by atoms with van der Waals surface area (Å²) in [6.45, 7) is 1.57. The van der Waals surface area contributed by atoms with Crippen LogP contribution in [0.5, 0.6) is 5.75 Å². The first-order valence-corrected chi connectivity index (χ1v) is 6.08. The van der Waals surface area contributed by atoms with Gasteiger partial charge in [0.15, 0.2) is 0 Å². The first-order chi connectivity index (χ1) is 9.49. The lowest BCUT2D eigenvalue weighted by molar-refractivity contribution is -0.385. The Labute approximate surface area is 119 Å². The molecule has 2 aromatic carbocycles. The van der Waals surface area contributed by atoms with Crippen molar-refractivity contribution in [2.75, 3.05) is 0 Å². The molecular weight excluding hydrogens is 282 g/mol. The van der Waals surface area contributed by atoms with Gasteiger partial charge in [-0.25, -0.2) is 4.79 Å². The van der Waals surface area contributed by atoms with Crippen LogP contribution >= 0.6 is 11.6 Å². The van der Waals surface area contributed by atoms with Crippen LogP contribution in [0.1, 0.15) is 15.9 Å². The van der Waals surface area contributed by atoms with Crippen LogP contribution < -0.4 is 4.74 Å². The molecular formula is C14H10ClNO4. The largest absolute Gasteiger partial charge is 0.423 e. The fraction of sp³-hybridized carbons (Fsp3) is 0.0714. The van der Waals surface area contributed by atoms with Crippen LogP contribution in [-0.2, 0) is 0 Å². The zero-order chi connectivity index (χ0) is 14.7.